The Morgan fingerprint density at radius 3 is 2.61 bits per heavy atom. The molecular formula is C14H12BrClO2. The fourth-order valence-corrected chi connectivity index (χ4v) is 2.17. The van der Waals surface area contributed by atoms with Crippen LogP contribution in [0.1, 0.15) is 18.6 Å². The molecule has 0 saturated heterocycles. The van der Waals surface area contributed by atoms with Gasteiger partial charge < -0.3 is 9.84 Å². The summed E-state index contributed by atoms with van der Waals surface area (Å²) in [5.74, 6) is 1.36. The molecule has 1 N–H and O–H groups in total. The van der Waals surface area contributed by atoms with Gasteiger partial charge in [0.15, 0.2) is 0 Å². The van der Waals surface area contributed by atoms with Gasteiger partial charge in [0.05, 0.1) is 10.6 Å². The molecule has 2 rings (SSSR count). The molecule has 94 valence electrons. The Hall–Kier alpha value is -1.03. The van der Waals surface area contributed by atoms with Crippen molar-refractivity contribution in [3.63, 3.8) is 0 Å². The molecule has 0 spiro atoms. The minimum Gasteiger partial charge on any atom is -0.456 e. The summed E-state index contributed by atoms with van der Waals surface area (Å²) in [6.07, 6.45) is -0.499. The van der Waals surface area contributed by atoms with Gasteiger partial charge in [0, 0.05) is 5.02 Å². The summed E-state index contributed by atoms with van der Waals surface area (Å²) in [7, 11) is 0. The van der Waals surface area contributed by atoms with Gasteiger partial charge in [-0.25, -0.2) is 0 Å². The average Bonchev–Trinajstić information content (AvgIpc) is 2.31. The molecule has 0 amide bonds. The number of hydrogen-bond donors (Lipinski definition) is 1. The minimum atomic E-state index is -0.499. The third kappa shape index (κ3) is 3.25. The number of halogens is 2. The van der Waals surface area contributed by atoms with Crippen molar-refractivity contribution in [3.8, 4) is 11.5 Å². The second-order valence-electron chi connectivity index (χ2n) is 3.93. The van der Waals surface area contributed by atoms with Crippen LogP contribution in [0.2, 0.25) is 5.02 Å². The molecule has 0 aliphatic heterocycles. The van der Waals surface area contributed by atoms with Gasteiger partial charge in [-0.3, -0.25) is 0 Å². The van der Waals surface area contributed by atoms with Crippen LogP contribution in [-0.2, 0) is 0 Å². The van der Waals surface area contributed by atoms with Crippen LogP contribution in [0.4, 0.5) is 0 Å². The van der Waals surface area contributed by atoms with Crippen LogP contribution in [0.5, 0.6) is 11.5 Å². The first kappa shape index (κ1) is 13.4. The maximum Gasteiger partial charge on any atom is 0.141 e. The van der Waals surface area contributed by atoms with E-state index in [2.05, 4.69) is 15.9 Å². The number of benzene rings is 2. The molecule has 0 bridgehead atoms. The highest BCUT2D eigenvalue weighted by molar-refractivity contribution is 9.10. The zero-order valence-electron chi connectivity index (χ0n) is 9.73. The van der Waals surface area contributed by atoms with E-state index in [9.17, 15) is 5.11 Å². The first-order chi connectivity index (χ1) is 8.56. The lowest BCUT2D eigenvalue weighted by molar-refractivity contribution is 0.199. The highest BCUT2D eigenvalue weighted by atomic mass is 79.9. The molecular weight excluding hydrogens is 316 g/mol. The molecule has 2 aromatic carbocycles. The van der Waals surface area contributed by atoms with Crippen LogP contribution in [0, 0.1) is 0 Å². The fourth-order valence-electron chi connectivity index (χ4n) is 1.52. The Bertz CT molecular complexity index is 555. The SMILES string of the molecule is C[C@H](O)c1ccc(Oc2cccc(Cl)c2)c(Br)c1. The first-order valence-corrected chi connectivity index (χ1v) is 6.64. The Balaban J connectivity index is 2.24. The molecule has 0 aliphatic rings. The van der Waals surface area contributed by atoms with E-state index in [4.69, 9.17) is 16.3 Å². The van der Waals surface area contributed by atoms with Gasteiger partial charge in [-0.1, -0.05) is 23.7 Å². The molecule has 0 aliphatic carbocycles. The maximum absolute atomic E-state index is 9.49. The molecule has 18 heavy (non-hydrogen) atoms. The predicted octanol–water partition coefficient (Wildman–Crippen LogP) is 4.95. The Labute approximate surface area is 119 Å². The summed E-state index contributed by atoms with van der Waals surface area (Å²) in [5.41, 5.74) is 0.834. The smallest absolute Gasteiger partial charge is 0.141 e. The molecule has 1 atom stereocenters. The quantitative estimate of drug-likeness (QED) is 0.864. The van der Waals surface area contributed by atoms with E-state index in [1.165, 1.54) is 0 Å². The van der Waals surface area contributed by atoms with Gasteiger partial charge >= 0.3 is 0 Å². The zero-order valence-corrected chi connectivity index (χ0v) is 12.1. The third-order valence-corrected chi connectivity index (χ3v) is 3.32. The summed E-state index contributed by atoms with van der Waals surface area (Å²) in [4.78, 5) is 0. The molecule has 0 unspecified atom stereocenters. The number of aliphatic hydroxyl groups excluding tert-OH is 1. The predicted molar refractivity (Wildman–Crippen MR) is 76.3 cm³/mol. The standard InChI is InChI=1S/C14H12BrClO2/c1-9(17)10-5-6-14(13(15)7-10)18-12-4-2-3-11(16)8-12/h2-9,17H,1H3/t9-/m0/s1. The van der Waals surface area contributed by atoms with Gasteiger partial charge in [0.2, 0.25) is 0 Å². The van der Waals surface area contributed by atoms with Crippen LogP contribution in [-0.4, -0.2) is 5.11 Å². The van der Waals surface area contributed by atoms with E-state index in [-0.39, 0.29) is 0 Å². The molecule has 0 aromatic heterocycles. The van der Waals surface area contributed by atoms with Crippen LogP contribution in [0.15, 0.2) is 46.9 Å². The van der Waals surface area contributed by atoms with Crippen molar-refractivity contribution in [1.29, 1.82) is 0 Å². The van der Waals surface area contributed by atoms with E-state index in [0.717, 1.165) is 10.0 Å². The lowest BCUT2D eigenvalue weighted by Gasteiger charge is -2.10. The molecule has 2 nitrogen and oxygen atoms in total. The molecule has 0 radical (unpaired) electrons. The number of hydrogen-bond acceptors (Lipinski definition) is 2. The van der Waals surface area contributed by atoms with E-state index < -0.39 is 6.10 Å². The van der Waals surface area contributed by atoms with Crippen molar-refractivity contribution in [2.45, 2.75) is 13.0 Å². The molecule has 2 aromatic rings. The lowest BCUT2D eigenvalue weighted by atomic mass is 10.1. The minimum absolute atomic E-state index is 0.499. The zero-order chi connectivity index (χ0) is 13.1. The van der Waals surface area contributed by atoms with Gasteiger partial charge in [0.25, 0.3) is 0 Å². The third-order valence-electron chi connectivity index (χ3n) is 2.46. The van der Waals surface area contributed by atoms with Gasteiger partial charge in [-0.2, -0.15) is 0 Å². The summed E-state index contributed by atoms with van der Waals surface area (Å²) < 4.78 is 6.50. The van der Waals surface area contributed by atoms with Crippen molar-refractivity contribution in [2.24, 2.45) is 0 Å². The maximum atomic E-state index is 9.49. The number of rotatable bonds is 3. The fraction of sp³-hybridized carbons (Fsp3) is 0.143. The van der Waals surface area contributed by atoms with Crippen molar-refractivity contribution in [1.82, 2.24) is 0 Å². The summed E-state index contributed by atoms with van der Waals surface area (Å²) in [6.45, 7) is 1.72. The first-order valence-electron chi connectivity index (χ1n) is 5.47. The van der Waals surface area contributed by atoms with Crippen molar-refractivity contribution < 1.29 is 9.84 Å². The number of ether oxygens (including phenoxy) is 1. The van der Waals surface area contributed by atoms with E-state index in [1.807, 2.05) is 30.3 Å². The van der Waals surface area contributed by atoms with Crippen LogP contribution < -0.4 is 4.74 Å². The van der Waals surface area contributed by atoms with Gasteiger partial charge in [0.1, 0.15) is 11.5 Å². The highest BCUT2D eigenvalue weighted by Crippen LogP contribution is 2.32. The monoisotopic (exact) mass is 326 g/mol. The van der Waals surface area contributed by atoms with Gasteiger partial charge in [-0.15, -0.1) is 0 Å². The van der Waals surface area contributed by atoms with Crippen LogP contribution in [0.25, 0.3) is 0 Å². The average molecular weight is 328 g/mol. The molecule has 0 heterocycles. The second kappa shape index (κ2) is 5.74. The Kier molecular flexibility index (Phi) is 4.27. The van der Waals surface area contributed by atoms with E-state index in [0.29, 0.717) is 16.5 Å². The van der Waals surface area contributed by atoms with Crippen molar-refractivity contribution >= 4 is 27.5 Å². The molecule has 0 saturated carbocycles. The summed E-state index contributed by atoms with van der Waals surface area (Å²) in [5, 5.41) is 10.1. The van der Waals surface area contributed by atoms with Crippen LogP contribution >= 0.6 is 27.5 Å². The van der Waals surface area contributed by atoms with Crippen LogP contribution in [0.3, 0.4) is 0 Å². The van der Waals surface area contributed by atoms with Crippen molar-refractivity contribution in [3.05, 3.63) is 57.5 Å². The van der Waals surface area contributed by atoms with E-state index >= 15 is 0 Å². The molecule has 0 fully saturated rings. The largest absolute Gasteiger partial charge is 0.456 e. The topological polar surface area (TPSA) is 29.5 Å². The highest BCUT2D eigenvalue weighted by Gasteiger charge is 2.07. The number of aliphatic hydroxyl groups is 1. The van der Waals surface area contributed by atoms with E-state index in [1.54, 1.807) is 19.1 Å². The Morgan fingerprint density at radius 2 is 2.00 bits per heavy atom. The second-order valence-corrected chi connectivity index (χ2v) is 5.22. The Morgan fingerprint density at radius 1 is 1.22 bits per heavy atom. The summed E-state index contributed by atoms with van der Waals surface area (Å²) in [6, 6.07) is 12.7. The summed E-state index contributed by atoms with van der Waals surface area (Å²) >= 11 is 9.32. The lowest BCUT2D eigenvalue weighted by Crippen LogP contribution is -1.92. The molecule has 4 heteroatoms. The van der Waals surface area contributed by atoms with Crippen molar-refractivity contribution in [2.75, 3.05) is 0 Å². The normalized spacial score (nSPS) is 12.2. The van der Waals surface area contributed by atoms with Gasteiger partial charge in [-0.05, 0) is 58.7 Å².